The third-order valence-electron chi connectivity index (χ3n) is 3.77. The second-order valence-electron chi connectivity index (χ2n) is 5.01. The topological polar surface area (TPSA) is 47.0 Å². The number of nitrogens with zero attached hydrogens (tertiary/aromatic N) is 2. The minimum Gasteiger partial charge on any atom is -0.497 e. The number of methoxy groups -OCH3 is 1. The van der Waals surface area contributed by atoms with E-state index in [9.17, 15) is 0 Å². The third-order valence-corrected chi connectivity index (χ3v) is 3.77. The van der Waals surface area contributed by atoms with Gasteiger partial charge >= 0.3 is 0 Å². The first-order valence-electron chi connectivity index (χ1n) is 7.04. The van der Waals surface area contributed by atoms with Crippen molar-refractivity contribution < 1.29 is 4.74 Å². The molecular weight excluding hydrogens is 250 g/mol. The Balaban J connectivity index is 2.04. The van der Waals surface area contributed by atoms with E-state index in [1.807, 2.05) is 31.3 Å². The molecule has 1 aromatic carbocycles. The molecule has 0 radical (unpaired) electrons. The summed E-state index contributed by atoms with van der Waals surface area (Å²) in [4.78, 5) is 9.42. The number of hydrogen-bond donors (Lipinski definition) is 1. The molecule has 0 spiro atoms. The number of hydrogen-bond acceptors (Lipinski definition) is 4. The number of fused-ring (bicyclic) bond motifs is 1. The van der Waals surface area contributed by atoms with Crippen molar-refractivity contribution in [1.82, 2.24) is 9.97 Å². The van der Waals surface area contributed by atoms with Gasteiger partial charge in [-0.25, -0.2) is 9.97 Å². The van der Waals surface area contributed by atoms with Crippen molar-refractivity contribution in [3.63, 3.8) is 0 Å². The van der Waals surface area contributed by atoms with Crippen LogP contribution in [0.4, 0.5) is 5.82 Å². The molecule has 1 aliphatic rings. The van der Waals surface area contributed by atoms with E-state index in [0.717, 1.165) is 35.8 Å². The van der Waals surface area contributed by atoms with Crippen LogP contribution in [0.3, 0.4) is 0 Å². The van der Waals surface area contributed by atoms with Crippen molar-refractivity contribution >= 4 is 5.82 Å². The van der Waals surface area contributed by atoms with Crippen molar-refractivity contribution in [2.45, 2.75) is 25.7 Å². The summed E-state index contributed by atoms with van der Waals surface area (Å²) in [5, 5.41) is 3.21. The van der Waals surface area contributed by atoms with E-state index in [1.54, 1.807) is 7.11 Å². The summed E-state index contributed by atoms with van der Waals surface area (Å²) in [5.41, 5.74) is 3.51. The van der Waals surface area contributed by atoms with Gasteiger partial charge in [0.25, 0.3) is 0 Å². The normalized spacial score (nSPS) is 13.7. The lowest BCUT2D eigenvalue weighted by Crippen LogP contribution is -2.11. The van der Waals surface area contributed by atoms with Gasteiger partial charge in [0.2, 0.25) is 0 Å². The molecule has 0 saturated heterocycles. The number of aryl methyl sites for hydroxylation is 1. The SMILES string of the molecule is CNc1nc(-c2ccc(OC)cc2)nc2c1CCCC2. The van der Waals surface area contributed by atoms with Gasteiger partial charge in [0, 0.05) is 23.9 Å². The second-order valence-corrected chi connectivity index (χ2v) is 5.01. The fraction of sp³-hybridized carbons (Fsp3) is 0.375. The van der Waals surface area contributed by atoms with Crippen molar-refractivity contribution in [3.8, 4) is 17.1 Å². The van der Waals surface area contributed by atoms with Gasteiger partial charge in [-0.1, -0.05) is 0 Å². The summed E-state index contributed by atoms with van der Waals surface area (Å²) in [5.74, 6) is 2.61. The summed E-state index contributed by atoms with van der Waals surface area (Å²) >= 11 is 0. The van der Waals surface area contributed by atoms with E-state index in [0.29, 0.717) is 0 Å². The number of nitrogens with one attached hydrogen (secondary N) is 1. The van der Waals surface area contributed by atoms with E-state index in [-0.39, 0.29) is 0 Å². The van der Waals surface area contributed by atoms with Crippen LogP contribution in [0.5, 0.6) is 5.75 Å². The third kappa shape index (κ3) is 2.33. The van der Waals surface area contributed by atoms with E-state index in [1.165, 1.54) is 24.1 Å². The molecule has 1 aliphatic carbocycles. The molecule has 1 heterocycles. The maximum Gasteiger partial charge on any atom is 0.161 e. The van der Waals surface area contributed by atoms with Gasteiger partial charge in [-0.2, -0.15) is 0 Å². The van der Waals surface area contributed by atoms with Gasteiger partial charge in [-0.15, -0.1) is 0 Å². The monoisotopic (exact) mass is 269 g/mol. The molecule has 0 atom stereocenters. The maximum absolute atomic E-state index is 5.19. The molecule has 0 aliphatic heterocycles. The first-order chi connectivity index (χ1) is 9.81. The molecule has 1 N–H and O–H groups in total. The Morgan fingerprint density at radius 3 is 2.50 bits per heavy atom. The number of ether oxygens (including phenoxy) is 1. The minimum absolute atomic E-state index is 0.789. The molecule has 0 bridgehead atoms. The Morgan fingerprint density at radius 1 is 1.05 bits per heavy atom. The molecule has 4 heteroatoms. The van der Waals surface area contributed by atoms with Gasteiger partial charge in [0.05, 0.1) is 7.11 Å². The van der Waals surface area contributed by atoms with Crippen LogP contribution in [0.25, 0.3) is 11.4 Å². The Bertz CT molecular complexity index is 591. The van der Waals surface area contributed by atoms with Gasteiger partial charge in [-0.05, 0) is 49.9 Å². The zero-order valence-electron chi connectivity index (χ0n) is 11.9. The summed E-state index contributed by atoms with van der Waals surface area (Å²) in [6, 6.07) is 7.89. The van der Waals surface area contributed by atoms with Crippen molar-refractivity contribution in [2.24, 2.45) is 0 Å². The molecule has 0 fully saturated rings. The first kappa shape index (κ1) is 12.9. The van der Waals surface area contributed by atoms with Gasteiger partial charge < -0.3 is 10.1 Å². The molecule has 0 saturated carbocycles. The summed E-state index contributed by atoms with van der Waals surface area (Å²) < 4.78 is 5.19. The lowest BCUT2D eigenvalue weighted by atomic mass is 9.96. The molecule has 4 nitrogen and oxygen atoms in total. The predicted molar refractivity (Wildman–Crippen MR) is 80.2 cm³/mol. The number of anilines is 1. The summed E-state index contributed by atoms with van der Waals surface area (Å²) in [6.07, 6.45) is 4.58. The Morgan fingerprint density at radius 2 is 1.80 bits per heavy atom. The van der Waals surface area contributed by atoms with Crippen molar-refractivity contribution in [3.05, 3.63) is 35.5 Å². The lowest BCUT2D eigenvalue weighted by Gasteiger charge is -2.18. The average Bonchev–Trinajstić information content (AvgIpc) is 2.54. The lowest BCUT2D eigenvalue weighted by molar-refractivity contribution is 0.415. The highest BCUT2D eigenvalue weighted by Gasteiger charge is 2.17. The molecule has 3 rings (SSSR count). The predicted octanol–water partition coefficient (Wildman–Crippen LogP) is 3.07. The number of aromatic nitrogens is 2. The van der Waals surface area contributed by atoms with Crippen LogP contribution in [0.1, 0.15) is 24.1 Å². The molecule has 104 valence electrons. The molecule has 1 aromatic heterocycles. The highest BCUT2D eigenvalue weighted by atomic mass is 16.5. The van der Waals surface area contributed by atoms with Gasteiger partial charge in [0.1, 0.15) is 11.6 Å². The van der Waals surface area contributed by atoms with Crippen LogP contribution in [0.15, 0.2) is 24.3 Å². The van der Waals surface area contributed by atoms with Crippen molar-refractivity contribution in [2.75, 3.05) is 19.5 Å². The highest BCUT2D eigenvalue weighted by molar-refractivity contribution is 5.61. The number of rotatable bonds is 3. The standard InChI is InChI=1S/C16H19N3O/c1-17-16-13-5-3-4-6-14(13)18-15(19-16)11-7-9-12(20-2)10-8-11/h7-10H,3-6H2,1-2H3,(H,17,18,19). The second kappa shape index (κ2) is 5.49. The fourth-order valence-electron chi connectivity index (χ4n) is 2.67. The summed E-state index contributed by atoms with van der Waals surface area (Å²) in [6.45, 7) is 0. The van der Waals surface area contributed by atoms with Crippen LogP contribution >= 0.6 is 0 Å². The fourth-order valence-corrected chi connectivity index (χ4v) is 2.67. The van der Waals surface area contributed by atoms with Crippen LogP contribution in [0.2, 0.25) is 0 Å². The quantitative estimate of drug-likeness (QED) is 0.930. The molecule has 0 unspecified atom stereocenters. The van der Waals surface area contributed by atoms with E-state index < -0.39 is 0 Å². The van der Waals surface area contributed by atoms with E-state index in [4.69, 9.17) is 9.72 Å². The molecule has 20 heavy (non-hydrogen) atoms. The minimum atomic E-state index is 0.789. The van der Waals surface area contributed by atoms with E-state index in [2.05, 4.69) is 10.3 Å². The van der Waals surface area contributed by atoms with Gasteiger partial charge in [-0.3, -0.25) is 0 Å². The zero-order valence-corrected chi connectivity index (χ0v) is 11.9. The first-order valence-corrected chi connectivity index (χ1v) is 7.04. The Kier molecular flexibility index (Phi) is 3.54. The van der Waals surface area contributed by atoms with Crippen LogP contribution < -0.4 is 10.1 Å². The van der Waals surface area contributed by atoms with Crippen LogP contribution in [-0.4, -0.2) is 24.1 Å². The smallest absolute Gasteiger partial charge is 0.161 e. The average molecular weight is 269 g/mol. The molecule has 2 aromatic rings. The van der Waals surface area contributed by atoms with Gasteiger partial charge in [0.15, 0.2) is 5.82 Å². The maximum atomic E-state index is 5.19. The van der Waals surface area contributed by atoms with Crippen LogP contribution in [0, 0.1) is 0 Å². The van der Waals surface area contributed by atoms with Crippen LogP contribution in [-0.2, 0) is 12.8 Å². The number of benzene rings is 1. The molecule has 0 amide bonds. The van der Waals surface area contributed by atoms with Crippen molar-refractivity contribution in [1.29, 1.82) is 0 Å². The molecular formula is C16H19N3O. The zero-order chi connectivity index (χ0) is 13.9. The highest BCUT2D eigenvalue weighted by Crippen LogP contribution is 2.28. The summed E-state index contributed by atoms with van der Waals surface area (Å²) in [7, 11) is 3.60. The largest absolute Gasteiger partial charge is 0.497 e. The Hall–Kier alpha value is -2.10. The van der Waals surface area contributed by atoms with E-state index >= 15 is 0 Å². The Labute approximate surface area is 119 Å².